The lowest BCUT2D eigenvalue weighted by molar-refractivity contribution is -0.142. The third-order valence-electron chi connectivity index (χ3n) is 4.83. The van der Waals surface area contributed by atoms with Crippen LogP contribution in [0, 0.1) is 5.92 Å². The lowest BCUT2D eigenvalue weighted by Crippen LogP contribution is -2.19. The van der Waals surface area contributed by atoms with E-state index in [4.69, 9.17) is 0 Å². The van der Waals surface area contributed by atoms with Crippen molar-refractivity contribution in [1.82, 2.24) is 4.98 Å². The molecule has 1 aromatic carbocycles. The Morgan fingerprint density at radius 3 is 2.44 bits per heavy atom. The molecule has 146 valence electrons. The Hall–Kier alpha value is -2.16. The summed E-state index contributed by atoms with van der Waals surface area (Å²) in [6.45, 7) is 0. The van der Waals surface area contributed by atoms with Crippen LogP contribution < -0.4 is 0 Å². The Labute approximate surface area is 150 Å². The number of fused-ring (bicyclic) bond motifs is 1. The van der Waals surface area contributed by atoms with E-state index in [0.29, 0.717) is 37.1 Å². The summed E-state index contributed by atoms with van der Waals surface area (Å²) in [5.41, 5.74) is -3.12. The van der Waals surface area contributed by atoms with Crippen LogP contribution in [0.4, 0.5) is 26.3 Å². The average molecular weight is 390 g/mol. The highest BCUT2D eigenvalue weighted by Crippen LogP contribution is 2.42. The smallest absolute Gasteiger partial charge is 0.388 e. The zero-order valence-electron chi connectivity index (χ0n) is 14.2. The molecule has 0 radical (unpaired) electrons. The summed E-state index contributed by atoms with van der Waals surface area (Å²) in [6, 6.07) is 3.66. The highest BCUT2D eigenvalue weighted by Gasteiger charge is 2.39. The molecular weight excluding hydrogens is 374 g/mol. The number of aliphatic imine (C=N–C) groups is 1. The molecule has 0 bridgehead atoms. The number of benzene rings is 1. The Kier molecular flexibility index (Phi) is 4.92. The van der Waals surface area contributed by atoms with Crippen molar-refractivity contribution in [3.63, 3.8) is 0 Å². The number of aliphatic hydroxyl groups excluding tert-OH is 1. The van der Waals surface area contributed by atoms with Gasteiger partial charge in [0.05, 0.1) is 17.2 Å². The Balaban J connectivity index is 2.28. The maximum atomic E-state index is 13.3. The number of alkyl halides is 6. The first kappa shape index (κ1) is 19.6. The molecule has 27 heavy (non-hydrogen) atoms. The molecule has 1 fully saturated rings. The molecule has 1 aromatic heterocycles. The van der Waals surface area contributed by atoms with Crippen LogP contribution in [-0.2, 0) is 12.4 Å². The first-order valence-electron chi connectivity index (χ1n) is 8.25. The number of para-hydroxylation sites is 1. The molecule has 9 heteroatoms. The summed E-state index contributed by atoms with van der Waals surface area (Å²) in [6.07, 6.45) is -9.42. The molecule has 0 spiro atoms. The van der Waals surface area contributed by atoms with Gasteiger partial charge in [0.15, 0.2) is 0 Å². The van der Waals surface area contributed by atoms with E-state index in [0.717, 1.165) is 6.07 Å². The molecule has 1 heterocycles. The van der Waals surface area contributed by atoms with E-state index >= 15 is 0 Å². The number of halogens is 6. The molecule has 1 N–H and O–H groups in total. The Bertz CT molecular complexity index is 888. The van der Waals surface area contributed by atoms with Gasteiger partial charge in [0.25, 0.3) is 0 Å². The Morgan fingerprint density at radius 1 is 1.15 bits per heavy atom. The van der Waals surface area contributed by atoms with Gasteiger partial charge in [-0.3, -0.25) is 4.99 Å². The molecule has 0 unspecified atom stereocenters. The van der Waals surface area contributed by atoms with Crippen LogP contribution in [0.15, 0.2) is 29.3 Å². The lowest BCUT2D eigenvalue weighted by Gasteiger charge is -2.23. The predicted molar refractivity (Wildman–Crippen MR) is 87.4 cm³/mol. The molecule has 3 nitrogen and oxygen atoms in total. The van der Waals surface area contributed by atoms with Gasteiger partial charge in [0.2, 0.25) is 0 Å². The van der Waals surface area contributed by atoms with Gasteiger partial charge < -0.3 is 5.11 Å². The first-order chi connectivity index (χ1) is 12.5. The van der Waals surface area contributed by atoms with E-state index in [1.807, 2.05) is 0 Å². The summed E-state index contributed by atoms with van der Waals surface area (Å²) in [4.78, 5) is 7.30. The fourth-order valence-corrected chi connectivity index (χ4v) is 3.58. The van der Waals surface area contributed by atoms with E-state index in [1.54, 1.807) is 0 Å². The van der Waals surface area contributed by atoms with Gasteiger partial charge in [-0.1, -0.05) is 12.1 Å². The van der Waals surface area contributed by atoms with Crippen molar-refractivity contribution in [2.45, 2.75) is 37.7 Å². The van der Waals surface area contributed by atoms with Crippen LogP contribution in [-0.4, -0.2) is 22.8 Å². The van der Waals surface area contributed by atoms with Crippen LogP contribution in [0.25, 0.3) is 10.9 Å². The van der Waals surface area contributed by atoms with Gasteiger partial charge in [-0.05, 0) is 37.0 Å². The molecule has 0 amide bonds. The summed E-state index contributed by atoms with van der Waals surface area (Å²) < 4.78 is 79.7. The number of hydrogen-bond donors (Lipinski definition) is 1. The van der Waals surface area contributed by atoms with Crippen molar-refractivity contribution in [3.05, 3.63) is 41.1 Å². The summed E-state index contributed by atoms with van der Waals surface area (Å²) in [5.74, 6) is -0.531. The number of pyridine rings is 1. The molecular formula is C18H16F6N2O. The first-order valence-corrected chi connectivity index (χ1v) is 8.25. The number of nitrogens with zero attached hydrogens (tertiary/aromatic N) is 2. The lowest BCUT2D eigenvalue weighted by atomic mass is 9.90. The second-order valence-corrected chi connectivity index (χ2v) is 6.45. The van der Waals surface area contributed by atoms with Gasteiger partial charge in [-0.2, -0.15) is 26.3 Å². The maximum Gasteiger partial charge on any atom is 0.433 e. The number of aliphatic hydroxyl groups is 1. The molecule has 0 aliphatic heterocycles. The largest absolute Gasteiger partial charge is 0.433 e. The van der Waals surface area contributed by atoms with Crippen LogP contribution in [0.2, 0.25) is 0 Å². The van der Waals surface area contributed by atoms with Crippen molar-refractivity contribution in [3.8, 4) is 0 Å². The van der Waals surface area contributed by atoms with Crippen molar-refractivity contribution in [1.29, 1.82) is 0 Å². The third kappa shape index (κ3) is 3.65. The van der Waals surface area contributed by atoms with E-state index in [2.05, 4.69) is 9.98 Å². The van der Waals surface area contributed by atoms with Gasteiger partial charge in [-0.25, -0.2) is 4.98 Å². The van der Waals surface area contributed by atoms with Crippen LogP contribution >= 0.6 is 0 Å². The van der Waals surface area contributed by atoms with Gasteiger partial charge >= 0.3 is 12.4 Å². The minimum absolute atomic E-state index is 0.146. The van der Waals surface area contributed by atoms with Crippen LogP contribution in [0.3, 0.4) is 0 Å². The Morgan fingerprint density at radius 2 is 1.85 bits per heavy atom. The molecule has 2 aromatic rings. The molecule has 1 saturated carbocycles. The van der Waals surface area contributed by atoms with Gasteiger partial charge in [-0.15, -0.1) is 0 Å². The van der Waals surface area contributed by atoms with E-state index in [-0.39, 0.29) is 10.9 Å². The molecule has 3 rings (SSSR count). The maximum absolute atomic E-state index is 13.3. The van der Waals surface area contributed by atoms with Crippen molar-refractivity contribution in [2.75, 3.05) is 7.05 Å². The fourth-order valence-electron chi connectivity index (χ4n) is 3.58. The summed E-state index contributed by atoms with van der Waals surface area (Å²) >= 11 is 0. The number of aromatic nitrogens is 1. The monoisotopic (exact) mass is 390 g/mol. The number of rotatable bonds is 2. The molecule has 2 atom stereocenters. The molecule has 1 aliphatic carbocycles. The van der Waals surface area contributed by atoms with E-state index in [1.165, 1.54) is 13.1 Å². The van der Waals surface area contributed by atoms with Crippen LogP contribution in [0.5, 0.6) is 0 Å². The topological polar surface area (TPSA) is 45.5 Å². The molecule has 1 aliphatic rings. The summed E-state index contributed by atoms with van der Waals surface area (Å²) in [7, 11) is 1.52. The normalized spacial score (nSPS) is 21.2. The van der Waals surface area contributed by atoms with Crippen molar-refractivity contribution < 1.29 is 31.4 Å². The standard InChI is InChI=1S/C18H16F6N2O/c1-25-13-7-3-5-10(13)16(27)11-8-14(18(22,23)24)26-15-9(11)4-2-6-12(15)17(19,20)21/h2,4,6,8,10,16,27H,3,5,7H2,1H3/b25-13-/t10-,16-/m1/s1. The minimum Gasteiger partial charge on any atom is -0.388 e. The van der Waals surface area contributed by atoms with Crippen molar-refractivity contribution in [2.24, 2.45) is 10.9 Å². The quantitative estimate of drug-likeness (QED) is 0.719. The van der Waals surface area contributed by atoms with Crippen LogP contribution in [0.1, 0.15) is 42.2 Å². The second-order valence-electron chi connectivity index (χ2n) is 6.45. The highest BCUT2D eigenvalue weighted by atomic mass is 19.4. The fraction of sp³-hybridized carbons (Fsp3) is 0.444. The SMILES string of the molecule is C/N=C1/CCC[C@H]1[C@@H](O)c1cc(C(F)(F)F)nc2c(C(F)(F)F)cccc12. The van der Waals surface area contributed by atoms with Crippen molar-refractivity contribution >= 4 is 16.6 Å². The zero-order chi connectivity index (χ0) is 20.0. The van der Waals surface area contributed by atoms with Gasteiger partial charge in [0, 0.05) is 24.1 Å². The third-order valence-corrected chi connectivity index (χ3v) is 4.83. The second kappa shape index (κ2) is 6.78. The average Bonchev–Trinajstić information content (AvgIpc) is 3.06. The van der Waals surface area contributed by atoms with Gasteiger partial charge in [0.1, 0.15) is 5.69 Å². The zero-order valence-corrected chi connectivity index (χ0v) is 14.2. The van der Waals surface area contributed by atoms with E-state index < -0.39 is 41.1 Å². The summed E-state index contributed by atoms with van der Waals surface area (Å²) in [5, 5.41) is 10.6. The number of hydrogen-bond acceptors (Lipinski definition) is 3. The highest BCUT2D eigenvalue weighted by molar-refractivity contribution is 5.91. The predicted octanol–water partition coefficient (Wildman–Crippen LogP) is 5.18. The van der Waals surface area contributed by atoms with E-state index in [9.17, 15) is 31.4 Å². The minimum atomic E-state index is -4.95. The molecule has 0 saturated heterocycles.